The third-order valence-corrected chi connectivity index (χ3v) is 5.34. The number of thioether (sulfide) groups is 1. The minimum Gasteiger partial charge on any atom is -0.481 e. The lowest BCUT2D eigenvalue weighted by atomic mass is 10.2. The van der Waals surface area contributed by atoms with Gasteiger partial charge in [0.1, 0.15) is 5.75 Å². The second kappa shape index (κ2) is 9.12. The van der Waals surface area contributed by atoms with E-state index in [0.717, 1.165) is 11.3 Å². The highest BCUT2D eigenvalue weighted by atomic mass is 35.5. The molecular formula is C20H21ClN4O2S. The number of hydrogen-bond donors (Lipinski definition) is 1. The van der Waals surface area contributed by atoms with Crippen molar-refractivity contribution in [2.75, 3.05) is 11.1 Å². The molecule has 3 aromatic rings. The Hall–Kier alpha value is -2.51. The van der Waals surface area contributed by atoms with Gasteiger partial charge in [-0.05, 0) is 43.7 Å². The molecule has 1 unspecified atom stereocenters. The Kier molecular flexibility index (Phi) is 6.59. The summed E-state index contributed by atoms with van der Waals surface area (Å²) in [6.45, 7) is 3.86. The molecule has 0 saturated heterocycles. The summed E-state index contributed by atoms with van der Waals surface area (Å²) >= 11 is 7.47. The molecule has 146 valence electrons. The summed E-state index contributed by atoms with van der Waals surface area (Å²) in [5.74, 6) is 1.38. The van der Waals surface area contributed by atoms with Gasteiger partial charge in [0.25, 0.3) is 0 Å². The second-order valence-electron chi connectivity index (χ2n) is 6.30. The zero-order chi connectivity index (χ0) is 20.1. The van der Waals surface area contributed by atoms with Gasteiger partial charge in [0.05, 0.1) is 10.8 Å². The maximum Gasteiger partial charge on any atom is 0.234 e. The summed E-state index contributed by atoms with van der Waals surface area (Å²) in [6, 6.07) is 15.0. The summed E-state index contributed by atoms with van der Waals surface area (Å²) < 4.78 is 7.72. The van der Waals surface area contributed by atoms with Gasteiger partial charge in [-0.3, -0.25) is 4.79 Å². The zero-order valence-electron chi connectivity index (χ0n) is 15.8. The molecule has 1 atom stereocenters. The molecule has 6 nitrogen and oxygen atoms in total. The number of nitrogens with zero attached hydrogens (tertiary/aromatic N) is 3. The number of aromatic nitrogens is 3. The minimum atomic E-state index is -0.340. The number of benzene rings is 2. The maximum absolute atomic E-state index is 12.2. The van der Waals surface area contributed by atoms with Crippen molar-refractivity contribution in [1.29, 1.82) is 0 Å². The molecule has 0 aliphatic heterocycles. The number of para-hydroxylation sites is 1. The highest BCUT2D eigenvalue weighted by molar-refractivity contribution is 7.99. The van der Waals surface area contributed by atoms with Crippen molar-refractivity contribution < 1.29 is 9.53 Å². The molecule has 2 aromatic carbocycles. The van der Waals surface area contributed by atoms with Gasteiger partial charge < -0.3 is 14.6 Å². The van der Waals surface area contributed by atoms with Crippen molar-refractivity contribution in [3.8, 4) is 5.75 Å². The van der Waals surface area contributed by atoms with Crippen molar-refractivity contribution in [2.45, 2.75) is 25.1 Å². The van der Waals surface area contributed by atoms with Crippen molar-refractivity contribution >= 4 is 35.0 Å². The molecule has 3 rings (SSSR count). The third-order valence-electron chi connectivity index (χ3n) is 4.01. The van der Waals surface area contributed by atoms with Gasteiger partial charge in [0.2, 0.25) is 5.91 Å². The van der Waals surface area contributed by atoms with Crippen LogP contribution in [0.4, 0.5) is 5.69 Å². The Morgan fingerprint density at radius 2 is 2.04 bits per heavy atom. The van der Waals surface area contributed by atoms with E-state index in [-0.39, 0.29) is 17.8 Å². The number of aryl methyl sites for hydroxylation is 1. The molecule has 0 spiro atoms. The number of anilines is 1. The number of carbonyl (C=O) groups is 1. The van der Waals surface area contributed by atoms with E-state index in [1.807, 2.05) is 61.9 Å². The highest BCUT2D eigenvalue weighted by Crippen LogP contribution is 2.29. The first kappa shape index (κ1) is 20.2. The first-order valence-corrected chi connectivity index (χ1v) is 10.1. The first-order valence-electron chi connectivity index (χ1n) is 8.74. The van der Waals surface area contributed by atoms with E-state index in [0.29, 0.717) is 21.8 Å². The number of amides is 1. The normalized spacial score (nSPS) is 11.9. The summed E-state index contributed by atoms with van der Waals surface area (Å²) in [4.78, 5) is 12.2. The predicted octanol–water partition coefficient (Wildman–Crippen LogP) is 4.65. The SMILES string of the molecule is Cc1cccc(NC(=O)CSc2nnc(C(C)Oc3ccccc3Cl)n2C)c1. The van der Waals surface area contributed by atoms with Crippen LogP contribution in [0.2, 0.25) is 5.02 Å². The minimum absolute atomic E-state index is 0.0967. The number of ether oxygens (including phenoxy) is 1. The van der Waals surface area contributed by atoms with Crippen LogP contribution < -0.4 is 10.1 Å². The van der Waals surface area contributed by atoms with Crippen molar-refractivity contribution in [1.82, 2.24) is 14.8 Å². The Morgan fingerprint density at radius 3 is 2.79 bits per heavy atom. The maximum atomic E-state index is 12.2. The average Bonchev–Trinajstić information content (AvgIpc) is 3.02. The molecule has 1 aromatic heterocycles. The smallest absolute Gasteiger partial charge is 0.234 e. The molecule has 0 aliphatic carbocycles. The highest BCUT2D eigenvalue weighted by Gasteiger charge is 2.18. The van der Waals surface area contributed by atoms with Crippen LogP contribution in [-0.4, -0.2) is 26.4 Å². The fraction of sp³-hybridized carbons (Fsp3) is 0.250. The Bertz CT molecular complexity index is 976. The number of rotatable bonds is 7. The van der Waals surface area contributed by atoms with Crippen LogP contribution in [0.15, 0.2) is 53.7 Å². The van der Waals surface area contributed by atoms with Gasteiger partial charge in [-0.1, -0.05) is 47.6 Å². The summed E-state index contributed by atoms with van der Waals surface area (Å²) in [6.07, 6.45) is -0.340. The number of halogens is 1. The molecule has 0 radical (unpaired) electrons. The lowest BCUT2D eigenvalue weighted by molar-refractivity contribution is -0.113. The molecule has 0 fully saturated rings. The predicted molar refractivity (Wildman–Crippen MR) is 112 cm³/mol. The van der Waals surface area contributed by atoms with Crippen LogP contribution >= 0.6 is 23.4 Å². The Labute approximate surface area is 173 Å². The molecule has 0 saturated carbocycles. The van der Waals surface area contributed by atoms with Gasteiger partial charge in [-0.2, -0.15) is 0 Å². The largest absolute Gasteiger partial charge is 0.481 e. The molecule has 28 heavy (non-hydrogen) atoms. The van der Waals surface area contributed by atoms with Crippen LogP contribution in [0.25, 0.3) is 0 Å². The standard InChI is InChI=1S/C20H21ClN4O2S/c1-13-7-6-8-15(11-13)22-18(26)12-28-20-24-23-19(25(20)3)14(2)27-17-10-5-4-9-16(17)21/h4-11,14H,12H2,1-3H3,(H,22,26). The average molecular weight is 417 g/mol. The second-order valence-corrected chi connectivity index (χ2v) is 7.65. The fourth-order valence-corrected chi connectivity index (χ4v) is 3.54. The Balaban J connectivity index is 1.59. The monoisotopic (exact) mass is 416 g/mol. The van der Waals surface area contributed by atoms with Gasteiger partial charge in [-0.25, -0.2) is 0 Å². The summed E-state index contributed by atoms with van der Waals surface area (Å²) in [7, 11) is 1.85. The number of hydrogen-bond acceptors (Lipinski definition) is 5. The molecule has 0 aliphatic rings. The van der Waals surface area contributed by atoms with E-state index in [1.54, 1.807) is 12.1 Å². The fourth-order valence-electron chi connectivity index (χ4n) is 2.64. The first-order chi connectivity index (χ1) is 13.4. The molecular weight excluding hydrogens is 396 g/mol. The summed E-state index contributed by atoms with van der Waals surface area (Å²) in [5.41, 5.74) is 1.88. The van der Waals surface area contributed by atoms with E-state index < -0.39 is 0 Å². The van der Waals surface area contributed by atoms with Crippen LogP contribution in [0, 0.1) is 6.92 Å². The topological polar surface area (TPSA) is 69.0 Å². The van der Waals surface area contributed by atoms with Crippen LogP contribution in [-0.2, 0) is 11.8 Å². The molecule has 1 amide bonds. The van der Waals surface area contributed by atoms with E-state index in [9.17, 15) is 4.79 Å². The molecule has 0 bridgehead atoms. The number of carbonyl (C=O) groups excluding carboxylic acids is 1. The van der Waals surface area contributed by atoms with E-state index in [4.69, 9.17) is 16.3 Å². The lowest BCUT2D eigenvalue weighted by Gasteiger charge is -2.15. The van der Waals surface area contributed by atoms with Gasteiger partial charge in [0.15, 0.2) is 17.1 Å². The van der Waals surface area contributed by atoms with Gasteiger partial charge >= 0.3 is 0 Å². The van der Waals surface area contributed by atoms with Crippen LogP contribution in [0.1, 0.15) is 24.4 Å². The van der Waals surface area contributed by atoms with E-state index in [1.165, 1.54) is 11.8 Å². The lowest BCUT2D eigenvalue weighted by Crippen LogP contribution is -2.15. The van der Waals surface area contributed by atoms with Gasteiger partial charge in [-0.15, -0.1) is 10.2 Å². The summed E-state index contributed by atoms with van der Waals surface area (Å²) in [5, 5.41) is 12.5. The molecule has 1 N–H and O–H groups in total. The third kappa shape index (κ3) is 5.05. The van der Waals surface area contributed by atoms with Crippen molar-refractivity contribution in [2.24, 2.45) is 7.05 Å². The van der Waals surface area contributed by atoms with Crippen molar-refractivity contribution in [3.05, 3.63) is 64.9 Å². The van der Waals surface area contributed by atoms with Crippen molar-refractivity contribution in [3.63, 3.8) is 0 Å². The van der Waals surface area contributed by atoms with E-state index >= 15 is 0 Å². The Morgan fingerprint density at radius 1 is 1.25 bits per heavy atom. The van der Waals surface area contributed by atoms with Crippen LogP contribution in [0.3, 0.4) is 0 Å². The quantitative estimate of drug-likeness (QED) is 0.568. The van der Waals surface area contributed by atoms with Crippen LogP contribution in [0.5, 0.6) is 5.75 Å². The number of nitrogens with one attached hydrogen (secondary N) is 1. The van der Waals surface area contributed by atoms with Gasteiger partial charge in [0, 0.05) is 12.7 Å². The molecule has 1 heterocycles. The zero-order valence-corrected chi connectivity index (χ0v) is 17.4. The molecule has 8 heteroatoms. The van der Waals surface area contributed by atoms with E-state index in [2.05, 4.69) is 15.5 Å².